The standard InChI is InChI=1S/C17H22F3NO2S/c1-16(2,3)23-15(22)21-10-8-14(9-11-21)24-13-6-4-12(5-7-13)17(18,19)20/h4-7,14H,8-11H2,1-3H3. The van der Waals surface area contributed by atoms with Gasteiger partial charge in [0.25, 0.3) is 0 Å². The Morgan fingerprint density at radius 1 is 1.12 bits per heavy atom. The van der Waals surface area contributed by atoms with Gasteiger partial charge in [-0.2, -0.15) is 13.2 Å². The Hall–Kier alpha value is -1.37. The number of carbonyl (C=O) groups excluding carboxylic acids is 1. The van der Waals surface area contributed by atoms with Gasteiger partial charge in [-0.15, -0.1) is 11.8 Å². The van der Waals surface area contributed by atoms with Crippen LogP contribution in [0.15, 0.2) is 29.2 Å². The van der Waals surface area contributed by atoms with E-state index in [4.69, 9.17) is 4.74 Å². The lowest BCUT2D eigenvalue weighted by molar-refractivity contribution is -0.137. The van der Waals surface area contributed by atoms with E-state index >= 15 is 0 Å². The minimum absolute atomic E-state index is 0.292. The molecule has 0 radical (unpaired) electrons. The first kappa shape index (κ1) is 19.0. The number of alkyl halides is 3. The lowest BCUT2D eigenvalue weighted by Crippen LogP contribution is -2.42. The first-order chi connectivity index (χ1) is 11.0. The summed E-state index contributed by atoms with van der Waals surface area (Å²) in [6.07, 6.45) is -3.02. The van der Waals surface area contributed by atoms with Crippen molar-refractivity contribution >= 4 is 17.9 Å². The average molecular weight is 361 g/mol. The summed E-state index contributed by atoms with van der Waals surface area (Å²) in [5, 5.41) is 0.292. The van der Waals surface area contributed by atoms with E-state index in [1.165, 1.54) is 12.1 Å². The summed E-state index contributed by atoms with van der Waals surface area (Å²) in [4.78, 5) is 14.5. The van der Waals surface area contributed by atoms with Gasteiger partial charge in [-0.1, -0.05) is 0 Å². The second kappa shape index (κ2) is 7.25. The van der Waals surface area contributed by atoms with Gasteiger partial charge in [0.15, 0.2) is 0 Å². The number of hydrogen-bond donors (Lipinski definition) is 0. The van der Waals surface area contributed by atoms with Crippen LogP contribution in [0, 0.1) is 0 Å². The fourth-order valence-electron chi connectivity index (χ4n) is 2.40. The monoisotopic (exact) mass is 361 g/mol. The van der Waals surface area contributed by atoms with E-state index in [1.54, 1.807) is 16.7 Å². The number of ether oxygens (including phenoxy) is 1. The van der Waals surface area contributed by atoms with Crippen molar-refractivity contribution in [2.24, 2.45) is 0 Å². The van der Waals surface area contributed by atoms with Crippen LogP contribution in [0.2, 0.25) is 0 Å². The summed E-state index contributed by atoms with van der Waals surface area (Å²) >= 11 is 1.56. The van der Waals surface area contributed by atoms with E-state index in [9.17, 15) is 18.0 Å². The second-order valence-corrected chi connectivity index (χ2v) is 8.18. The normalized spacial score (nSPS) is 17.0. The molecule has 0 unspecified atom stereocenters. The molecule has 24 heavy (non-hydrogen) atoms. The highest BCUT2D eigenvalue weighted by molar-refractivity contribution is 8.00. The molecule has 1 heterocycles. The average Bonchev–Trinajstić information content (AvgIpc) is 2.46. The lowest BCUT2D eigenvalue weighted by Gasteiger charge is -2.33. The van der Waals surface area contributed by atoms with Crippen LogP contribution >= 0.6 is 11.8 Å². The summed E-state index contributed by atoms with van der Waals surface area (Å²) in [7, 11) is 0. The number of nitrogens with zero attached hydrogens (tertiary/aromatic N) is 1. The Balaban J connectivity index is 1.84. The van der Waals surface area contributed by atoms with Crippen molar-refractivity contribution in [2.45, 2.75) is 55.5 Å². The SMILES string of the molecule is CC(C)(C)OC(=O)N1CCC(Sc2ccc(C(F)(F)F)cc2)CC1. The molecule has 1 aromatic carbocycles. The summed E-state index contributed by atoms with van der Waals surface area (Å²) in [6.45, 7) is 6.70. The number of amides is 1. The van der Waals surface area contributed by atoms with Gasteiger partial charge < -0.3 is 9.64 Å². The molecule has 0 aromatic heterocycles. The van der Waals surface area contributed by atoms with Crippen molar-refractivity contribution < 1.29 is 22.7 Å². The van der Waals surface area contributed by atoms with Gasteiger partial charge in [0.2, 0.25) is 0 Å². The van der Waals surface area contributed by atoms with Gasteiger partial charge in [-0.25, -0.2) is 4.79 Å². The maximum absolute atomic E-state index is 12.6. The van der Waals surface area contributed by atoms with Gasteiger partial charge in [-0.05, 0) is 57.9 Å². The molecule has 7 heteroatoms. The van der Waals surface area contributed by atoms with Gasteiger partial charge in [0.1, 0.15) is 5.60 Å². The van der Waals surface area contributed by atoms with Crippen LogP contribution in [0.4, 0.5) is 18.0 Å². The van der Waals surface area contributed by atoms with E-state index in [0.29, 0.717) is 18.3 Å². The third-order valence-electron chi connectivity index (χ3n) is 3.58. The number of halogens is 3. The number of likely N-dealkylation sites (tertiary alicyclic amines) is 1. The molecule has 1 aromatic rings. The Morgan fingerprint density at radius 3 is 2.12 bits per heavy atom. The molecule has 0 bridgehead atoms. The second-order valence-electron chi connectivity index (χ2n) is 6.81. The van der Waals surface area contributed by atoms with E-state index in [0.717, 1.165) is 29.9 Å². The first-order valence-electron chi connectivity index (χ1n) is 7.86. The molecule has 3 nitrogen and oxygen atoms in total. The van der Waals surface area contributed by atoms with Crippen LogP contribution in [0.1, 0.15) is 39.2 Å². The number of piperidine rings is 1. The molecular weight excluding hydrogens is 339 g/mol. The number of thioether (sulfide) groups is 1. The van der Waals surface area contributed by atoms with E-state index in [1.807, 2.05) is 20.8 Å². The zero-order chi connectivity index (χ0) is 18.0. The van der Waals surface area contributed by atoms with Crippen molar-refractivity contribution in [2.75, 3.05) is 13.1 Å². The Kier molecular flexibility index (Phi) is 5.73. The van der Waals surface area contributed by atoms with Gasteiger partial charge in [0, 0.05) is 23.2 Å². The highest BCUT2D eigenvalue weighted by atomic mass is 32.2. The predicted molar refractivity (Wildman–Crippen MR) is 88.1 cm³/mol. The van der Waals surface area contributed by atoms with Crippen molar-refractivity contribution in [1.29, 1.82) is 0 Å². The van der Waals surface area contributed by atoms with Crippen LogP contribution in [0.25, 0.3) is 0 Å². The van der Waals surface area contributed by atoms with Gasteiger partial charge in [0.05, 0.1) is 5.56 Å². The fourth-order valence-corrected chi connectivity index (χ4v) is 3.52. The van der Waals surface area contributed by atoms with Crippen molar-refractivity contribution in [3.63, 3.8) is 0 Å². The third-order valence-corrected chi connectivity index (χ3v) is 4.93. The maximum atomic E-state index is 12.6. The van der Waals surface area contributed by atoms with Crippen LogP contribution in [0.3, 0.4) is 0 Å². The van der Waals surface area contributed by atoms with Gasteiger partial charge >= 0.3 is 12.3 Å². The van der Waals surface area contributed by atoms with Crippen molar-refractivity contribution in [3.05, 3.63) is 29.8 Å². The Bertz CT molecular complexity index is 559. The quantitative estimate of drug-likeness (QED) is 0.725. The molecule has 2 rings (SSSR count). The minimum atomic E-state index is -4.30. The summed E-state index contributed by atoms with van der Waals surface area (Å²) in [5.74, 6) is 0. The Labute approximate surface area is 144 Å². The molecule has 1 amide bonds. The molecule has 1 aliphatic heterocycles. The summed E-state index contributed by atoms with van der Waals surface area (Å²) in [6, 6.07) is 5.23. The molecule has 1 fully saturated rings. The third kappa shape index (κ3) is 5.61. The van der Waals surface area contributed by atoms with Crippen LogP contribution in [0.5, 0.6) is 0 Å². The van der Waals surface area contributed by atoms with E-state index in [2.05, 4.69) is 0 Å². The number of carbonyl (C=O) groups is 1. The van der Waals surface area contributed by atoms with Crippen LogP contribution in [-0.4, -0.2) is 34.9 Å². The Morgan fingerprint density at radius 2 is 1.67 bits per heavy atom. The number of benzene rings is 1. The predicted octanol–water partition coefficient (Wildman–Crippen LogP) is 5.20. The molecule has 1 aliphatic rings. The highest BCUT2D eigenvalue weighted by Crippen LogP contribution is 2.34. The smallest absolute Gasteiger partial charge is 0.416 e. The number of rotatable bonds is 2. The molecule has 0 N–H and O–H groups in total. The lowest BCUT2D eigenvalue weighted by atomic mass is 10.1. The highest BCUT2D eigenvalue weighted by Gasteiger charge is 2.30. The summed E-state index contributed by atoms with van der Waals surface area (Å²) in [5.41, 5.74) is -1.14. The van der Waals surface area contributed by atoms with Crippen LogP contribution < -0.4 is 0 Å². The first-order valence-corrected chi connectivity index (χ1v) is 8.74. The van der Waals surface area contributed by atoms with Crippen LogP contribution in [-0.2, 0) is 10.9 Å². The maximum Gasteiger partial charge on any atom is 0.416 e. The topological polar surface area (TPSA) is 29.5 Å². The van der Waals surface area contributed by atoms with E-state index in [-0.39, 0.29) is 6.09 Å². The summed E-state index contributed by atoms with van der Waals surface area (Å²) < 4.78 is 43.0. The largest absolute Gasteiger partial charge is 0.444 e. The molecule has 0 saturated carbocycles. The fraction of sp³-hybridized carbons (Fsp3) is 0.588. The van der Waals surface area contributed by atoms with Crippen molar-refractivity contribution in [1.82, 2.24) is 4.90 Å². The molecule has 0 spiro atoms. The zero-order valence-electron chi connectivity index (χ0n) is 14.0. The molecular formula is C17H22F3NO2S. The van der Waals surface area contributed by atoms with E-state index < -0.39 is 17.3 Å². The molecule has 134 valence electrons. The van der Waals surface area contributed by atoms with Gasteiger partial charge in [-0.3, -0.25) is 0 Å². The zero-order valence-corrected chi connectivity index (χ0v) is 14.8. The van der Waals surface area contributed by atoms with Crippen molar-refractivity contribution in [3.8, 4) is 0 Å². The number of hydrogen-bond acceptors (Lipinski definition) is 3. The molecule has 1 saturated heterocycles. The molecule has 0 aliphatic carbocycles. The molecule has 0 atom stereocenters. The minimum Gasteiger partial charge on any atom is -0.444 e.